The van der Waals surface area contributed by atoms with Crippen molar-refractivity contribution in [3.63, 3.8) is 0 Å². The average Bonchev–Trinajstić information content (AvgIpc) is 2.62. The number of rotatable bonds is 4. The first-order valence-electron chi connectivity index (χ1n) is 5.70. The lowest BCUT2D eigenvalue weighted by Gasteiger charge is -2.47. The van der Waals surface area contributed by atoms with Crippen molar-refractivity contribution >= 4 is 22.4 Å². The fourth-order valence-corrected chi connectivity index (χ4v) is 2.64. The molecule has 0 saturated heterocycles. The van der Waals surface area contributed by atoms with Gasteiger partial charge in [-0.2, -0.15) is 0 Å². The highest BCUT2D eigenvalue weighted by molar-refractivity contribution is 7.13. The monoisotopic (exact) mass is 254 g/mol. The Hall–Kier alpha value is -1.14. The minimum Gasteiger partial charge on any atom is -0.375 e. The highest BCUT2D eigenvalue weighted by atomic mass is 32.1. The van der Waals surface area contributed by atoms with Gasteiger partial charge < -0.3 is 16.0 Å². The number of thiazole rings is 1. The van der Waals surface area contributed by atoms with Gasteiger partial charge in [0.1, 0.15) is 5.69 Å². The lowest BCUT2D eigenvalue weighted by molar-refractivity contribution is 0.0556. The fourth-order valence-electron chi connectivity index (χ4n) is 2.09. The van der Waals surface area contributed by atoms with Crippen LogP contribution in [0.4, 0.5) is 5.13 Å². The van der Waals surface area contributed by atoms with Crippen molar-refractivity contribution in [2.45, 2.75) is 24.8 Å². The first-order valence-corrected chi connectivity index (χ1v) is 6.58. The van der Waals surface area contributed by atoms with Crippen molar-refractivity contribution in [3.05, 3.63) is 11.1 Å². The predicted molar refractivity (Wildman–Crippen MR) is 69.1 cm³/mol. The SMILES string of the molecule is CN(C)C1(CNC(=O)c2csc(N)n2)CCC1. The summed E-state index contributed by atoms with van der Waals surface area (Å²) in [6.07, 6.45) is 3.51. The van der Waals surface area contributed by atoms with Crippen LogP contribution >= 0.6 is 11.3 Å². The van der Waals surface area contributed by atoms with E-state index in [9.17, 15) is 4.79 Å². The Kier molecular flexibility index (Phi) is 3.35. The van der Waals surface area contributed by atoms with Crippen molar-refractivity contribution in [2.24, 2.45) is 0 Å². The van der Waals surface area contributed by atoms with Crippen LogP contribution < -0.4 is 11.1 Å². The number of anilines is 1. The number of nitrogens with two attached hydrogens (primary N) is 1. The maximum atomic E-state index is 11.8. The molecule has 0 radical (unpaired) electrons. The van der Waals surface area contributed by atoms with E-state index in [1.165, 1.54) is 17.8 Å². The van der Waals surface area contributed by atoms with Crippen LogP contribution in [0.1, 0.15) is 29.8 Å². The minimum absolute atomic E-state index is 0.133. The van der Waals surface area contributed by atoms with Gasteiger partial charge in [-0.25, -0.2) is 4.98 Å². The largest absolute Gasteiger partial charge is 0.375 e. The maximum absolute atomic E-state index is 11.8. The molecule has 1 saturated carbocycles. The number of amides is 1. The molecule has 0 aromatic carbocycles. The molecule has 0 bridgehead atoms. The summed E-state index contributed by atoms with van der Waals surface area (Å²) >= 11 is 1.29. The molecule has 94 valence electrons. The number of hydrogen-bond donors (Lipinski definition) is 2. The van der Waals surface area contributed by atoms with Gasteiger partial charge in [-0.3, -0.25) is 4.79 Å². The molecule has 2 rings (SSSR count). The Bertz CT molecular complexity index is 411. The van der Waals surface area contributed by atoms with Crippen LogP contribution in [-0.4, -0.2) is 42.0 Å². The predicted octanol–water partition coefficient (Wildman–Crippen LogP) is 0.939. The highest BCUT2D eigenvalue weighted by Gasteiger charge is 2.39. The van der Waals surface area contributed by atoms with Gasteiger partial charge in [-0.15, -0.1) is 11.3 Å². The summed E-state index contributed by atoms with van der Waals surface area (Å²) < 4.78 is 0. The number of hydrogen-bond acceptors (Lipinski definition) is 5. The standard InChI is InChI=1S/C11H18N4OS/c1-15(2)11(4-3-5-11)7-13-9(16)8-6-17-10(12)14-8/h6H,3-5,7H2,1-2H3,(H2,12,14)(H,13,16). The van der Waals surface area contributed by atoms with Crippen LogP contribution in [0.15, 0.2) is 5.38 Å². The first kappa shape index (κ1) is 12.3. The Morgan fingerprint density at radius 1 is 1.65 bits per heavy atom. The molecule has 1 amide bonds. The van der Waals surface area contributed by atoms with E-state index in [0.29, 0.717) is 17.4 Å². The van der Waals surface area contributed by atoms with Crippen molar-refractivity contribution < 1.29 is 4.79 Å². The smallest absolute Gasteiger partial charge is 0.270 e. The van der Waals surface area contributed by atoms with Crippen LogP contribution in [0.25, 0.3) is 0 Å². The summed E-state index contributed by atoms with van der Waals surface area (Å²) in [7, 11) is 4.12. The van der Waals surface area contributed by atoms with E-state index in [2.05, 4.69) is 29.3 Å². The number of carbonyl (C=O) groups is 1. The third-order valence-electron chi connectivity index (χ3n) is 3.57. The van der Waals surface area contributed by atoms with Crippen molar-refractivity contribution in [1.82, 2.24) is 15.2 Å². The van der Waals surface area contributed by atoms with Gasteiger partial charge in [0.05, 0.1) is 0 Å². The maximum Gasteiger partial charge on any atom is 0.270 e. The molecule has 6 heteroatoms. The molecule has 1 heterocycles. The van der Waals surface area contributed by atoms with E-state index in [1.807, 2.05) is 0 Å². The molecule has 1 aromatic rings. The lowest BCUT2D eigenvalue weighted by atomic mass is 9.75. The van der Waals surface area contributed by atoms with Gasteiger partial charge in [0.25, 0.3) is 5.91 Å². The van der Waals surface area contributed by atoms with Gasteiger partial charge in [-0.05, 0) is 33.4 Å². The second kappa shape index (κ2) is 4.62. The van der Waals surface area contributed by atoms with E-state index in [1.54, 1.807) is 5.38 Å². The van der Waals surface area contributed by atoms with Gasteiger partial charge in [-0.1, -0.05) is 0 Å². The van der Waals surface area contributed by atoms with Crippen LogP contribution in [0.5, 0.6) is 0 Å². The zero-order chi connectivity index (χ0) is 12.5. The number of carbonyl (C=O) groups excluding carboxylic acids is 1. The van der Waals surface area contributed by atoms with Gasteiger partial charge in [0.2, 0.25) is 0 Å². The number of nitrogen functional groups attached to an aromatic ring is 1. The highest BCUT2D eigenvalue weighted by Crippen LogP contribution is 2.35. The molecular formula is C11H18N4OS. The Labute approximate surface area is 105 Å². The minimum atomic E-state index is -0.133. The van der Waals surface area contributed by atoms with Gasteiger partial charge >= 0.3 is 0 Å². The first-order chi connectivity index (χ1) is 8.03. The van der Waals surface area contributed by atoms with E-state index in [-0.39, 0.29) is 11.4 Å². The summed E-state index contributed by atoms with van der Waals surface area (Å²) in [6.45, 7) is 0.677. The average molecular weight is 254 g/mol. The van der Waals surface area contributed by atoms with E-state index < -0.39 is 0 Å². The van der Waals surface area contributed by atoms with Crippen LogP contribution in [0.2, 0.25) is 0 Å². The van der Waals surface area contributed by atoms with E-state index >= 15 is 0 Å². The number of aromatic nitrogens is 1. The second-order valence-corrected chi connectivity index (χ2v) is 5.62. The van der Waals surface area contributed by atoms with Crippen LogP contribution in [0, 0.1) is 0 Å². The molecule has 0 aliphatic heterocycles. The number of nitrogens with zero attached hydrogens (tertiary/aromatic N) is 2. The van der Waals surface area contributed by atoms with Crippen molar-refractivity contribution in [3.8, 4) is 0 Å². The van der Waals surface area contributed by atoms with Crippen LogP contribution in [0.3, 0.4) is 0 Å². The molecule has 1 fully saturated rings. The topological polar surface area (TPSA) is 71.2 Å². The summed E-state index contributed by atoms with van der Waals surface area (Å²) in [5.74, 6) is -0.133. The molecule has 3 N–H and O–H groups in total. The zero-order valence-electron chi connectivity index (χ0n) is 10.2. The third-order valence-corrected chi connectivity index (χ3v) is 4.24. The molecule has 0 spiro atoms. The molecule has 1 aliphatic rings. The number of likely N-dealkylation sites (N-methyl/N-ethyl adjacent to an activating group) is 1. The number of nitrogens with one attached hydrogen (secondary N) is 1. The lowest BCUT2D eigenvalue weighted by Crippen LogP contribution is -2.57. The van der Waals surface area contributed by atoms with E-state index in [0.717, 1.165) is 12.8 Å². The molecular weight excluding hydrogens is 236 g/mol. The molecule has 0 atom stereocenters. The van der Waals surface area contributed by atoms with Crippen molar-refractivity contribution in [2.75, 3.05) is 26.4 Å². The third kappa shape index (κ3) is 2.42. The van der Waals surface area contributed by atoms with Gasteiger partial charge in [0, 0.05) is 17.5 Å². The normalized spacial score (nSPS) is 17.8. The summed E-state index contributed by atoms with van der Waals surface area (Å²) in [6, 6.07) is 0. The second-order valence-electron chi connectivity index (χ2n) is 4.73. The summed E-state index contributed by atoms with van der Waals surface area (Å²) in [4.78, 5) is 18.0. The fraction of sp³-hybridized carbons (Fsp3) is 0.636. The zero-order valence-corrected chi connectivity index (χ0v) is 11.0. The Balaban J connectivity index is 1.92. The quantitative estimate of drug-likeness (QED) is 0.839. The van der Waals surface area contributed by atoms with Crippen LogP contribution in [-0.2, 0) is 0 Å². The molecule has 1 aromatic heterocycles. The summed E-state index contributed by atoms with van der Waals surface area (Å²) in [5.41, 5.74) is 6.06. The Morgan fingerprint density at radius 3 is 2.76 bits per heavy atom. The molecule has 0 unspecified atom stereocenters. The summed E-state index contributed by atoms with van der Waals surface area (Å²) in [5, 5.41) is 5.06. The molecule has 5 nitrogen and oxygen atoms in total. The molecule has 1 aliphatic carbocycles. The van der Waals surface area contributed by atoms with Gasteiger partial charge in [0.15, 0.2) is 5.13 Å². The van der Waals surface area contributed by atoms with Crippen molar-refractivity contribution in [1.29, 1.82) is 0 Å². The Morgan fingerprint density at radius 2 is 2.35 bits per heavy atom. The van der Waals surface area contributed by atoms with E-state index in [4.69, 9.17) is 5.73 Å². The molecule has 17 heavy (non-hydrogen) atoms.